The number of rotatable bonds is 5. The number of hydrogen-bond acceptors (Lipinski definition) is 6. The molecule has 2 bridgehead atoms. The maximum atomic E-state index is 5.60. The van der Waals surface area contributed by atoms with E-state index in [-0.39, 0.29) is 0 Å². The van der Waals surface area contributed by atoms with E-state index in [1.165, 1.54) is 25.7 Å². The third kappa shape index (κ3) is 3.71. The number of fused-ring (bicyclic) bond motifs is 2. The van der Waals surface area contributed by atoms with E-state index < -0.39 is 0 Å². The maximum Gasteiger partial charge on any atom is 0.192 e. The van der Waals surface area contributed by atoms with Crippen LogP contribution in [0.25, 0.3) is 22.4 Å². The molecule has 3 atom stereocenters. The summed E-state index contributed by atoms with van der Waals surface area (Å²) in [7, 11) is 2.14. The van der Waals surface area contributed by atoms with E-state index in [9.17, 15) is 0 Å². The zero-order valence-electron chi connectivity index (χ0n) is 16.2. The molecule has 2 N–H and O–H groups in total. The van der Waals surface area contributed by atoms with Crippen molar-refractivity contribution in [1.82, 2.24) is 25.7 Å². The van der Waals surface area contributed by atoms with Crippen LogP contribution in [-0.4, -0.2) is 45.6 Å². The van der Waals surface area contributed by atoms with Crippen LogP contribution in [0.5, 0.6) is 5.75 Å². The highest BCUT2D eigenvalue weighted by atomic mass is 127. The Morgan fingerprint density at radius 1 is 1.07 bits per heavy atom. The van der Waals surface area contributed by atoms with Gasteiger partial charge in [-0.25, -0.2) is 0 Å². The molecule has 1 aromatic carbocycles. The van der Waals surface area contributed by atoms with Crippen LogP contribution in [0.1, 0.15) is 25.7 Å². The van der Waals surface area contributed by atoms with Crippen molar-refractivity contribution in [2.45, 2.75) is 43.8 Å². The smallest absolute Gasteiger partial charge is 0.192 e. The lowest BCUT2D eigenvalue weighted by atomic mass is 9.98. The number of benzene rings is 1. The Labute approximate surface area is 183 Å². The second kappa shape index (κ2) is 7.91. The van der Waals surface area contributed by atoms with Gasteiger partial charge in [0.2, 0.25) is 0 Å². The van der Waals surface area contributed by atoms with E-state index in [1.54, 1.807) is 6.20 Å². The van der Waals surface area contributed by atoms with Gasteiger partial charge in [-0.1, -0.05) is 6.07 Å². The molecule has 1 unspecified atom stereocenters. The van der Waals surface area contributed by atoms with Crippen LogP contribution in [0.2, 0.25) is 0 Å². The Morgan fingerprint density at radius 2 is 1.90 bits per heavy atom. The Morgan fingerprint density at radius 3 is 2.55 bits per heavy atom. The molecule has 4 heterocycles. The highest BCUT2D eigenvalue weighted by Gasteiger charge is 2.35. The van der Waals surface area contributed by atoms with Crippen molar-refractivity contribution >= 4 is 28.8 Å². The molecular formula is C21H23IN6O. The lowest BCUT2D eigenvalue weighted by molar-refractivity contribution is 0.353. The fourth-order valence-corrected chi connectivity index (χ4v) is 4.94. The van der Waals surface area contributed by atoms with E-state index in [0.717, 1.165) is 34.0 Å². The molecule has 0 amide bonds. The van der Waals surface area contributed by atoms with Crippen molar-refractivity contribution in [2.75, 3.05) is 11.9 Å². The molecule has 29 heavy (non-hydrogen) atoms. The third-order valence-electron chi connectivity index (χ3n) is 6.18. The van der Waals surface area contributed by atoms with E-state index in [0.29, 0.717) is 18.1 Å². The Balaban J connectivity index is 1.37. The van der Waals surface area contributed by atoms with Crippen LogP contribution in [-0.2, 0) is 0 Å². The first-order valence-electron chi connectivity index (χ1n) is 9.96. The fraction of sp³-hybridized carbons (Fsp3) is 0.381. The predicted octanol–water partition coefficient (Wildman–Crippen LogP) is 3.98. The van der Waals surface area contributed by atoms with Crippen LogP contribution in [0.3, 0.4) is 0 Å². The topological polar surface area (TPSA) is 79.0 Å². The van der Waals surface area contributed by atoms with Crippen LogP contribution in [0, 0.1) is 0 Å². The summed E-state index contributed by atoms with van der Waals surface area (Å²) in [6.07, 6.45) is 8.62. The Bertz CT molecular complexity index is 965. The zero-order chi connectivity index (χ0) is 19.8. The lowest BCUT2D eigenvalue weighted by Gasteiger charge is -2.36. The Hall–Kier alpha value is -2.20. The predicted molar refractivity (Wildman–Crippen MR) is 121 cm³/mol. The summed E-state index contributed by atoms with van der Waals surface area (Å²) >= 11 is 1.91. The van der Waals surface area contributed by atoms with Crippen molar-refractivity contribution in [3.8, 4) is 28.1 Å². The van der Waals surface area contributed by atoms with Gasteiger partial charge in [-0.2, -0.15) is 5.10 Å². The average Bonchev–Trinajstić information content (AvgIpc) is 3.42. The summed E-state index contributed by atoms with van der Waals surface area (Å²) < 4.78 is 5.60. The molecule has 3 aromatic rings. The quantitative estimate of drug-likeness (QED) is 0.514. The molecule has 2 aromatic heterocycles. The standard InChI is InChI=1S/C21H23IN6O/c1-28(17-9-15-3-4-16(10-17)25-15)21-7-6-19(26-27-21)18-5-2-13(8-20(18)29-22)14-11-23-24-12-14/h2,5-8,11-12,15-17,25H,3-4,9-10H2,1H3,(H,23,24)/t15-,16+,17?. The first-order valence-corrected chi connectivity index (χ1v) is 10.8. The molecule has 0 saturated carbocycles. The largest absolute Gasteiger partial charge is 0.427 e. The minimum absolute atomic E-state index is 0.524. The van der Waals surface area contributed by atoms with Crippen LogP contribution >= 0.6 is 23.0 Å². The lowest BCUT2D eigenvalue weighted by Crippen LogP contribution is -2.47. The highest BCUT2D eigenvalue weighted by molar-refractivity contribution is 14.1. The minimum atomic E-state index is 0.524. The average molecular weight is 502 g/mol. The molecule has 2 fully saturated rings. The van der Waals surface area contributed by atoms with E-state index in [4.69, 9.17) is 3.07 Å². The summed E-state index contributed by atoms with van der Waals surface area (Å²) in [6.45, 7) is 0. The summed E-state index contributed by atoms with van der Waals surface area (Å²) in [6, 6.07) is 12.0. The van der Waals surface area contributed by atoms with Gasteiger partial charge >= 0.3 is 0 Å². The molecule has 5 rings (SSSR count). The number of aromatic amines is 1. The van der Waals surface area contributed by atoms with Gasteiger partial charge in [0.15, 0.2) is 28.8 Å². The first-order chi connectivity index (χ1) is 14.2. The van der Waals surface area contributed by atoms with Gasteiger partial charge in [0.25, 0.3) is 0 Å². The van der Waals surface area contributed by atoms with Gasteiger partial charge < -0.3 is 13.3 Å². The third-order valence-corrected chi connectivity index (χ3v) is 6.65. The molecule has 0 radical (unpaired) electrons. The molecule has 150 valence electrons. The number of anilines is 1. The first kappa shape index (κ1) is 18.8. The van der Waals surface area contributed by atoms with Crippen molar-refractivity contribution in [3.05, 3.63) is 42.7 Å². The van der Waals surface area contributed by atoms with Crippen molar-refractivity contribution in [2.24, 2.45) is 0 Å². The molecular weight excluding hydrogens is 479 g/mol. The van der Waals surface area contributed by atoms with Crippen LogP contribution in [0.4, 0.5) is 5.82 Å². The van der Waals surface area contributed by atoms with Gasteiger partial charge in [-0.05, 0) is 55.5 Å². The SMILES string of the molecule is CN(c1ccc(-c2ccc(-c3cn[nH]c3)cc2OI)nn1)C1C[C@H]2CC[C@@H](C1)N2. The molecule has 0 aliphatic carbocycles. The second-order valence-corrected chi connectivity index (χ2v) is 8.37. The van der Waals surface area contributed by atoms with Crippen molar-refractivity contribution in [3.63, 3.8) is 0 Å². The summed E-state index contributed by atoms with van der Waals surface area (Å²) in [5.41, 5.74) is 3.79. The highest BCUT2D eigenvalue weighted by Crippen LogP contribution is 2.35. The van der Waals surface area contributed by atoms with Crippen molar-refractivity contribution in [1.29, 1.82) is 0 Å². The summed E-state index contributed by atoms with van der Waals surface area (Å²) in [5, 5.41) is 19.6. The normalized spacial score (nSPS) is 23.2. The second-order valence-electron chi connectivity index (χ2n) is 7.93. The summed E-state index contributed by atoms with van der Waals surface area (Å²) in [4.78, 5) is 2.29. The molecule has 2 saturated heterocycles. The van der Waals surface area contributed by atoms with Gasteiger partial charge in [0.05, 0.1) is 11.9 Å². The zero-order valence-corrected chi connectivity index (χ0v) is 18.3. The molecule has 2 aliphatic heterocycles. The maximum absolute atomic E-state index is 5.60. The number of hydrogen-bond donors (Lipinski definition) is 2. The van der Waals surface area contributed by atoms with Gasteiger partial charge in [-0.15, -0.1) is 10.2 Å². The van der Waals surface area contributed by atoms with E-state index in [2.05, 4.69) is 43.7 Å². The van der Waals surface area contributed by atoms with Gasteiger partial charge in [0.1, 0.15) is 5.75 Å². The number of aromatic nitrogens is 4. The number of nitrogens with one attached hydrogen (secondary N) is 2. The number of nitrogens with zero attached hydrogens (tertiary/aromatic N) is 4. The molecule has 0 spiro atoms. The monoisotopic (exact) mass is 502 g/mol. The van der Waals surface area contributed by atoms with Crippen molar-refractivity contribution < 1.29 is 3.07 Å². The number of H-pyrrole nitrogens is 1. The fourth-order valence-electron chi connectivity index (χ4n) is 4.57. The van der Waals surface area contributed by atoms with E-state index >= 15 is 0 Å². The minimum Gasteiger partial charge on any atom is -0.427 e. The summed E-state index contributed by atoms with van der Waals surface area (Å²) in [5.74, 6) is 1.68. The molecule has 7 nitrogen and oxygen atoms in total. The number of piperidine rings is 1. The Kier molecular flexibility index (Phi) is 5.13. The molecule has 2 aliphatic rings. The molecule has 8 heteroatoms. The van der Waals surface area contributed by atoms with Crippen LogP contribution < -0.4 is 13.3 Å². The van der Waals surface area contributed by atoms with Crippen LogP contribution in [0.15, 0.2) is 42.7 Å². The van der Waals surface area contributed by atoms with Gasteiger partial charge in [-0.3, -0.25) is 5.10 Å². The van der Waals surface area contributed by atoms with Gasteiger partial charge in [0, 0.05) is 42.5 Å². The number of halogens is 1. The van der Waals surface area contributed by atoms with E-state index in [1.807, 2.05) is 53.5 Å².